The second-order valence-electron chi connectivity index (χ2n) is 4.68. The molecule has 0 saturated heterocycles. The summed E-state index contributed by atoms with van der Waals surface area (Å²) in [5, 5.41) is 0.760. The SMILES string of the molecule is CCC(N)Cc1ccc(Cl)cc1Sc1cccc(Br)c1. The highest BCUT2D eigenvalue weighted by Crippen LogP contribution is 2.34. The van der Waals surface area contributed by atoms with Crippen LogP contribution in [0.4, 0.5) is 0 Å². The van der Waals surface area contributed by atoms with Gasteiger partial charge >= 0.3 is 0 Å². The summed E-state index contributed by atoms with van der Waals surface area (Å²) in [6, 6.07) is 14.5. The van der Waals surface area contributed by atoms with Crippen LogP contribution >= 0.6 is 39.3 Å². The van der Waals surface area contributed by atoms with Gasteiger partial charge in [0.05, 0.1) is 0 Å². The molecule has 0 bridgehead atoms. The molecule has 0 fully saturated rings. The molecule has 1 atom stereocenters. The Labute approximate surface area is 138 Å². The van der Waals surface area contributed by atoms with E-state index in [9.17, 15) is 0 Å². The third kappa shape index (κ3) is 4.52. The summed E-state index contributed by atoms with van der Waals surface area (Å²) >= 11 is 11.4. The number of rotatable bonds is 5. The first-order valence-electron chi connectivity index (χ1n) is 6.56. The van der Waals surface area contributed by atoms with Crippen molar-refractivity contribution in [1.29, 1.82) is 0 Å². The molecule has 0 heterocycles. The number of hydrogen-bond donors (Lipinski definition) is 1. The highest BCUT2D eigenvalue weighted by molar-refractivity contribution is 9.10. The summed E-state index contributed by atoms with van der Waals surface area (Å²) in [4.78, 5) is 2.37. The molecule has 4 heteroatoms. The Hall–Kier alpha value is -0.480. The van der Waals surface area contributed by atoms with E-state index in [0.29, 0.717) is 0 Å². The van der Waals surface area contributed by atoms with Gasteiger partial charge < -0.3 is 5.73 Å². The molecular formula is C16H17BrClNS. The second-order valence-corrected chi connectivity index (χ2v) is 7.15. The average Bonchev–Trinajstić information content (AvgIpc) is 2.41. The lowest BCUT2D eigenvalue weighted by molar-refractivity contribution is 0.641. The summed E-state index contributed by atoms with van der Waals surface area (Å²) in [5.41, 5.74) is 7.34. The van der Waals surface area contributed by atoms with Gasteiger partial charge in [-0.05, 0) is 48.7 Å². The van der Waals surface area contributed by atoms with E-state index in [1.165, 1.54) is 15.4 Å². The van der Waals surface area contributed by atoms with E-state index in [0.717, 1.165) is 22.3 Å². The maximum Gasteiger partial charge on any atom is 0.0417 e. The van der Waals surface area contributed by atoms with Crippen molar-refractivity contribution in [2.75, 3.05) is 0 Å². The van der Waals surface area contributed by atoms with Crippen LogP contribution in [0.25, 0.3) is 0 Å². The lowest BCUT2D eigenvalue weighted by atomic mass is 10.1. The first kappa shape index (κ1) is 15.9. The fourth-order valence-corrected chi connectivity index (χ4v) is 3.72. The normalized spacial score (nSPS) is 12.4. The monoisotopic (exact) mass is 369 g/mol. The van der Waals surface area contributed by atoms with E-state index in [4.69, 9.17) is 17.3 Å². The maximum atomic E-state index is 6.13. The minimum absolute atomic E-state index is 0.193. The van der Waals surface area contributed by atoms with Crippen LogP contribution in [-0.2, 0) is 6.42 Å². The molecule has 0 aliphatic rings. The Kier molecular flexibility index (Phi) is 5.97. The molecular weight excluding hydrogens is 354 g/mol. The summed E-state index contributed by atoms with van der Waals surface area (Å²) in [5.74, 6) is 0. The zero-order valence-corrected chi connectivity index (χ0v) is 14.4. The Balaban J connectivity index is 2.27. The zero-order valence-electron chi connectivity index (χ0n) is 11.3. The molecule has 0 aromatic heterocycles. The highest BCUT2D eigenvalue weighted by Gasteiger charge is 2.09. The van der Waals surface area contributed by atoms with Gasteiger partial charge in [-0.3, -0.25) is 0 Å². The number of halogens is 2. The van der Waals surface area contributed by atoms with Gasteiger partial charge in [0.1, 0.15) is 0 Å². The smallest absolute Gasteiger partial charge is 0.0417 e. The third-order valence-corrected chi connectivity index (χ3v) is 4.88. The van der Waals surface area contributed by atoms with Crippen LogP contribution < -0.4 is 5.73 Å². The van der Waals surface area contributed by atoms with E-state index in [-0.39, 0.29) is 6.04 Å². The molecule has 2 rings (SSSR count). The molecule has 1 unspecified atom stereocenters. The lowest BCUT2D eigenvalue weighted by Gasteiger charge is -2.13. The van der Waals surface area contributed by atoms with Crippen molar-refractivity contribution in [2.24, 2.45) is 5.73 Å². The molecule has 2 N–H and O–H groups in total. The van der Waals surface area contributed by atoms with Crippen LogP contribution in [0.1, 0.15) is 18.9 Å². The molecule has 2 aromatic rings. The van der Waals surface area contributed by atoms with Gasteiger partial charge in [-0.2, -0.15) is 0 Å². The summed E-state index contributed by atoms with van der Waals surface area (Å²) < 4.78 is 1.08. The maximum absolute atomic E-state index is 6.13. The fourth-order valence-electron chi connectivity index (χ4n) is 1.88. The molecule has 0 aliphatic carbocycles. The molecule has 0 amide bonds. The number of nitrogens with two attached hydrogens (primary N) is 1. The van der Waals surface area contributed by atoms with Crippen LogP contribution in [0, 0.1) is 0 Å². The molecule has 0 radical (unpaired) electrons. The Morgan fingerprint density at radius 1 is 1.25 bits per heavy atom. The van der Waals surface area contributed by atoms with Crippen molar-refractivity contribution in [2.45, 2.75) is 35.6 Å². The van der Waals surface area contributed by atoms with Gasteiger partial charge in [-0.1, -0.05) is 58.3 Å². The molecule has 0 aliphatic heterocycles. The van der Waals surface area contributed by atoms with Gasteiger partial charge in [0.15, 0.2) is 0 Å². The lowest BCUT2D eigenvalue weighted by Crippen LogP contribution is -2.21. The van der Waals surface area contributed by atoms with Gasteiger partial charge in [0.2, 0.25) is 0 Å². The highest BCUT2D eigenvalue weighted by atomic mass is 79.9. The number of benzene rings is 2. The minimum atomic E-state index is 0.193. The molecule has 106 valence electrons. The average molecular weight is 371 g/mol. The van der Waals surface area contributed by atoms with Crippen LogP contribution in [0.2, 0.25) is 5.02 Å². The first-order valence-corrected chi connectivity index (χ1v) is 8.54. The standard InChI is InChI=1S/C16H17BrClNS/c1-2-14(19)8-11-6-7-13(18)10-16(11)20-15-5-3-4-12(17)9-15/h3-7,9-10,14H,2,8,19H2,1H3. The van der Waals surface area contributed by atoms with E-state index < -0.39 is 0 Å². The van der Waals surface area contributed by atoms with Crippen LogP contribution in [0.3, 0.4) is 0 Å². The quantitative estimate of drug-likeness (QED) is 0.748. The molecule has 20 heavy (non-hydrogen) atoms. The van der Waals surface area contributed by atoms with Crippen molar-refractivity contribution in [3.63, 3.8) is 0 Å². The summed E-state index contributed by atoms with van der Waals surface area (Å²) in [6.07, 6.45) is 1.85. The van der Waals surface area contributed by atoms with Crippen LogP contribution in [0.15, 0.2) is 56.7 Å². The predicted molar refractivity (Wildman–Crippen MR) is 91.7 cm³/mol. The van der Waals surface area contributed by atoms with E-state index >= 15 is 0 Å². The van der Waals surface area contributed by atoms with Gasteiger partial charge in [0.25, 0.3) is 0 Å². The third-order valence-electron chi connectivity index (χ3n) is 3.06. The van der Waals surface area contributed by atoms with E-state index in [1.54, 1.807) is 11.8 Å². The van der Waals surface area contributed by atoms with Crippen LogP contribution in [0.5, 0.6) is 0 Å². The molecule has 0 saturated carbocycles. The first-order chi connectivity index (χ1) is 9.58. The van der Waals surface area contributed by atoms with Gasteiger partial charge in [-0.25, -0.2) is 0 Å². The van der Waals surface area contributed by atoms with E-state index in [2.05, 4.69) is 41.1 Å². The van der Waals surface area contributed by atoms with Crippen molar-refractivity contribution < 1.29 is 0 Å². The predicted octanol–water partition coefficient (Wildman–Crippen LogP) is 5.53. The van der Waals surface area contributed by atoms with Crippen molar-refractivity contribution in [3.8, 4) is 0 Å². The van der Waals surface area contributed by atoms with Crippen LogP contribution in [-0.4, -0.2) is 6.04 Å². The zero-order chi connectivity index (χ0) is 14.5. The second kappa shape index (κ2) is 7.51. The minimum Gasteiger partial charge on any atom is -0.327 e. The molecule has 0 spiro atoms. The molecule has 2 aromatic carbocycles. The number of hydrogen-bond acceptors (Lipinski definition) is 2. The Morgan fingerprint density at radius 3 is 2.75 bits per heavy atom. The summed E-state index contributed by atoms with van der Waals surface area (Å²) in [7, 11) is 0. The Bertz CT molecular complexity index is 588. The van der Waals surface area contributed by atoms with Gasteiger partial charge in [-0.15, -0.1) is 0 Å². The largest absolute Gasteiger partial charge is 0.327 e. The molecule has 1 nitrogen and oxygen atoms in total. The fraction of sp³-hybridized carbons (Fsp3) is 0.250. The van der Waals surface area contributed by atoms with Crippen molar-refractivity contribution in [3.05, 3.63) is 57.5 Å². The van der Waals surface area contributed by atoms with E-state index in [1.807, 2.05) is 24.3 Å². The summed E-state index contributed by atoms with van der Waals surface area (Å²) in [6.45, 7) is 2.11. The Morgan fingerprint density at radius 2 is 2.05 bits per heavy atom. The van der Waals surface area contributed by atoms with Crippen molar-refractivity contribution >= 4 is 39.3 Å². The van der Waals surface area contributed by atoms with Crippen molar-refractivity contribution in [1.82, 2.24) is 0 Å². The van der Waals surface area contributed by atoms with Gasteiger partial charge in [0, 0.05) is 25.3 Å². The topological polar surface area (TPSA) is 26.0 Å².